The zero-order valence-corrected chi connectivity index (χ0v) is 15.4. The number of hydrogen-bond acceptors (Lipinski definition) is 4. The predicted octanol–water partition coefficient (Wildman–Crippen LogP) is 1.74. The fraction of sp³-hybridized carbons (Fsp3) is 0.316. The van der Waals surface area contributed by atoms with Crippen LogP contribution in [-0.4, -0.2) is 30.3 Å². The Bertz CT molecular complexity index is 817. The molecule has 2 aromatic rings. The van der Waals surface area contributed by atoms with Gasteiger partial charge in [0.15, 0.2) is 0 Å². The molecule has 0 saturated carbocycles. The van der Waals surface area contributed by atoms with Gasteiger partial charge in [0.1, 0.15) is 29.0 Å². The molecule has 1 atom stereocenters. The summed E-state index contributed by atoms with van der Waals surface area (Å²) in [4.78, 5) is 36.4. The zero-order chi connectivity index (χ0) is 20.7. The summed E-state index contributed by atoms with van der Waals surface area (Å²) in [6.45, 7) is 3.14. The van der Waals surface area contributed by atoms with Gasteiger partial charge in [-0.05, 0) is 30.2 Å². The van der Waals surface area contributed by atoms with Crippen LogP contribution in [0.1, 0.15) is 30.0 Å². The lowest BCUT2D eigenvalue weighted by atomic mass is 10.0. The second-order valence-electron chi connectivity index (χ2n) is 6.37. The first kappa shape index (κ1) is 21.1. The lowest BCUT2D eigenvalue weighted by molar-refractivity contribution is -0.127. The molecule has 0 aliphatic rings. The summed E-state index contributed by atoms with van der Waals surface area (Å²) in [7, 11) is 0. The topological polar surface area (TPSA) is 100 Å². The third kappa shape index (κ3) is 5.63. The Morgan fingerprint density at radius 2 is 1.71 bits per heavy atom. The summed E-state index contributed by atoms with van der Waals surface area (Å²) < 4.78 is 32.6. The highest BCUT2D eigenvalue weighted by atomic mass is 19.1. The summed E-state index contributed by atoms with van der Waals surface area (Å²) in [5.74, 6) is -4.04. The predicted molar refractivity (Wildman–Crippen MR) is 96.0 cm³/mol. The van der Waals surface area contributed by atoms with Crippen molar-refractivity contribution in [1.82, 2.24) is 16.0 Å². The van der Waals surface area contributed by atoms with Crippen molar-refractivity contribution in [3.8, 4) is 0 Å². The average molecular weight is 393 g/mol. The number of benzene rings is 1. The van der Waals surface area contributed by atoms with Crippen LogP contribution in [0.3, 0.4) is 0 Å². The van der Waals surface area contributed by atoms with Crippen LogP contribution >= 0.6 is 0 Å². The Kier molecular flexibility index (Phi) is 7.25. The van der Waals surface area contributed by atoms with Gasteiger partial charge in [0, 0.05) is 0 Å². The highest BCUT2D eigenvalue weighted by molar-refractivity contribution is 5.98. The number of rotatable bonds is 8. The molecule has 1 aromatic heterocycles. The highest BCUT2D eigenvalue weighted by Gasteiger charge is 2.27. The third-order valence-corrected chi connectivity index (χ3v) is 3.89. The molecule has 0 aliphatic heterocycles. The van der Waals surface area contributed by atoms with Crippen molar-refractivity contribution < 1.29 is 27.6 Å². The molecular weight excluding hydrogens is 372 g/mol. The van der Waals surface area contributed by atoms with E-state index in [1.165, 1.54) is 6.26 Å². The van der Waals surface area contributed by atoms with Crippen molar-refractivity contribution in [2.45, 2.75) is 26.4 Å². The first-order valence-corrected chi connectivity index (χ1v) is 8.61. The first-order valence-electron chi connectivity index (χ1n) is 8.61. The molecule has 28 heavy (non-hydrogen) atoms. The molecule has 1 heterocycles. The fourth-order valence-electron chi connectivity index (χ4n) is 2.40. The van der Waals surface area contributed by atoms with E-state index in [4.69, 9.17) is 4.42 Å². The Labute approximate surface area is 160 Å². The molecule has 7 nitrogen and oxygen atoms in total. The van der Waals surface area contributed by atoms with Gasteiger partial charge in [-0.2, -0.15) is 0 Å². The maximum atomic E-state index is 13.7. The molecule has 9 heteroatoms. The SMILES string of the molecule is CC(C)C(NC(=O)c1c(F)cccc1F)C(=O)NCC(=O)NCc1ccco1. The van der Waals surface area contributed by atoms with Crippen LogP contribution in [0.5, 0.6) is 0 Å². The van der Waals surface area contributed by atoms with E-state index in [9.17, 15) is 23.2 Å². The number of amides is 3. The smallest absolute Gasteiger partial charge is 0.257 e. The molecule has 0 radical (unpaired) electrons. The van der Waals surface area contributed by atoms with Crippen molar-refractivity contribution in [1.29, 1.82) is 0 Å². The van der Waals surface area contributed by atoms with Crippen LogP contribution in [0.4, 0.5) is 8.78 Å². The van der Waals surface area contributed by atoms with Crippen molar-refractivity contribution >= 4 is 17.7 Å². The molecule has 0 bridgehead atoms. The Balaban J connectivity index is 1.92. The maximum Gasteiger partial charge on any atom is 0.257 e. The average Bonchev–Trinajstić information content (AvgIpc) is 3.15. The molecular formula is C19H21F2N3O4. The number of nitrogens with one attached hydrogen (secondary N) is 3. The van der Waals surface area contributed by atoms with E-state index in [1.54, 1.807) is 26.0 Å². The molecule has 1 unspecified atom stereocenters. The number of hydrogen-bond donors (Lipinski definition) is 3. The molecule has 0 fully saturated rings. The van der Waals surface area contributed by atoms with E-state index >= 15 is 0 Å². The van der Waals surface area contributed by atoms with Crippen LogP contribution in [0.2, 0.25) is 0 Å². The highest BCUT2D eigenvalue weighted by Crippen LogP contribution is 2.13. The van der Waals surface area contributed by atoms with Crippen molar-refractivity contribution in [3.63, 3.8) is 0 Å². The van der Waals surface area contributed by atoms with Crippen molar-refractivity contribution in [2.75, 3.05) is 6.54 Å². The Morgan fingerprint density at radius 1 is 1.04 bits per heavy atom. The number of carbonyl (C=O) groups is 3. The van der Waals surface area contributed by atoms with Gasteiger partial charge in [0.25, 0.3) is 5.91 Å². The summed E-state index contributed by atoms with van der Waals surface area (Å²) in [5, 5.41) is 7.27. The molecule has 3 amide bonds. The lowest BCUT2D eigenvalue weighted by Crippen LogP contribution is -2.51. The van der Waals surface area contributed by atoms with E-state index in [0.717, 1.165) is 18.2 Å². The van der Waals surface area contributed by atoms with E-state index in [2.05, 4.69) is 16.0 Å². The summed E-state index contributed by atoms with van der Waals surface area (Å²) in [6.07, 6.45) is 1.47. The molecule has 2 rings (SSSR count). The molecule has 0 spiro atoms. The van der Waals surface area contributed by atoms with E-state index in [1.807, 2.05) is 0 Å². The monoisotopic (exact) mass is 393 g/mol. The maximum absolute atomic E-state index is 13.7. The number of halogens is 2. The molecule has 150 valence electrons. The van der Waals surface area contributed by atoms with Gasteiger partial charge >= 0.3 is 0 Å². The van der Waals surface area contributed by atoms with Crippen LogP contribution in [0.15, 0.2) is 41.0 Å². The van der Waals surface area contributed by atoms with Gasteiger partial charge < -0.3 is 20.4 Å². The second kappa shape index (κ2) is 9.63. The number of carbonyl (C=O) groups excluding carboxylic acids is 3. The fourth-order valence-corrected chi connectivity index (χ4v) is 2.40. The van der Waals surface area contributed by atoms with Crippen LogP contribution in [0.25, 0.3) is 0 Å². The zero-order valence-electron chi connectivity index (χ0n) is 15.4. The summed E-state index contributed by atoms with van der Waals surface area (Å²) >= 11 is 0. The van der Waals surface area contributed by atoms with Gasteiger partial charge in [0.2, 0.25) is 11.8 Å². The van der Waals surface area contributed by atoms with E-state index < -0.39 is 41.0 Å². The van der Waals surface area contributed by atoms with Crippen molar-refractivity contribution in [3.05, 3.63) is 59.6 Å². The molecule has 1 aromatic carbocycles. The molecule has 3 N–H and O–H groups in total. The number of furan rings is 1. The summed E-state index contributed by atoms with van der Waals surface area (Å²) in [6, 6.07) is 5.32. The molecule has 0 saturated heterocycles. The standard InChI is InChI=1S/C19H21F2N3O4/c1-11(2)17(24-18(26)16-13(20)6-3-7-14(16)21)19(27)23-10-15(25)22-9-12-5-4-8-28-12/h3-8,11,17H,9-10H2,1-2H3,(H,22,25)(H,23,27)(H,24,26). The quantitative estimate of drug-likeness (QED) is 0.636. The Morgan fingerprint density at radius 3 is 2.29 bits per heavy atom. The molecule has 0 aliphatic carbocycles. The minimum atomic E-state index is -1.08. The Hall–Kier alpha value is -3.23. The van der Waals surface area contributed by atoms with E-state index in [-0.39, 0.29) is 19.0 Å². The normalized spacial score (nSPS) is 11.8. The van der Waals surface area contributed by atoms with E-state index in [0.29, 0.717) is 5.76 Å². The second-order valence-corrected chi connectivity index (χ2v) is 6.37. The van der Waals surface area contributed by atoms with Gasteiger partial charge in [-0.25, -0.2) is 8.78 Å². The van der Waals surface area contributed by atoms with Gasteiger partial charge in [-0.3, -0.25) is 14.4 Å². The lowest BCUT2D eigenvalue weighted by Gasteiger charge is -2.22. The van der Waals surface area contributed by atoms with Gasteiger partial charge in [0.05, 0.1) is 19.4 Å². The van der Waals surface area contributed by atoms with Crippen LogP contribution in [0, 0.1) is 17.6 Å². The minimum Gasteiger partial charge on any atom is -0.467 e. The van der Waals surface area contributed by atoms with Crippen LogP contribution < -0.4 is 16.0 Å². The first-order chi connectivity index (χ1) is 13.3. The largest absolute Gasteiger partial charge is 0.467 e. The third-order valence-electron chi connectivity index (χ3n) is 3.89. The van der Waals surface area contributed by atoms with Crippen molar-refractivity contribution in [2.24, 2.45) is 5.92 Å². The van der Waals surface area contributed by atoms with Crippen LogP contribution in [-0.2, 0) is 16.1 Å². The summed E-state index contributed by atoms with van der Waals surface area (Å²) in [5.41, 5.74) is -0.767. The van der Waals surface area contributed by atoms with Gasteiger partial charge in [-0.1, -0.05) is 19.9 Å². The van der Waals surface area contributed by atoms with Gasteiger partial charge in [-0.15, -0.1) is 0 Å². The minimum absolute atomic E-state index is 0.165.